The zero-order valence-corrected chi connectivity index (χ0v) is 12.1. The zero-order valence-electron chi connectivity index (χ0n) is 12.1. The SMILES string of the molecule is CCc1cc(CC(CCC2CCCO2)NN)n(C)n1. The zero-order chi connectivity index (χ0) is 13.7. The number of nitrogens with one attached hydrogen (secondary N) is 1. The van der Waals surface area contributed by atoms with Crippen molar-refractivity contribution < 1.29 is 4.74 Å². The van der Waals surface area contributed by atoms with Crippen LogP contribution >= 0.6 is 0 Å². The van der Waals surface area contributed by atoms with Gasteiger partial charge in [-0.3, -0.25) is 16.0 Å². The number of nitrogens with zero attached hydrogens (tertiary/aromatic N) is 2. The van der Waals surface area contributed by atoms with E-state index in [0.29, 0.717) is 12.1 Å². The molecule has 0 bridgehead atoms. The summed E-state index contributed by atoms with van der Waals surface area (Å²) in [5.74, 6) is 5.67. The van der Waals surface area contributed by atoms with Crippen LogP contribution in [0.2, 0.25) is 0 Å². The Bertz CT molecular complexity index is 385. The van der Waals surface area contributed by atoms with Gasteiger partial charge in [0.1, 0.15) is 0 Å². The highest BCUT2D eigenvalue weighted by Gasteiger charge is 2.18. The van der Waals surface area contributed by atoms with Gasteiger partial charge < -0.3 is 4.74 Å². The first-order valence-corrected chi connectivity index (χ1v) is 7.32. The van der Waals surface area contributed by atoms with Gasteiger partial charge in [0.2, 0.25) is 0 Å². The lowest BCUT2D eigenvalue weighted by molar-refractivity contribution is 0.0995. The molecular weight excluding hydrogens is 240 g/mol. The summed E-state index contributed by atoms with van der Waals surface area (Å²) < 4.78 is 7.62. The number of nitrogens with two attached hydrogens (primary N) is 1. The van der Waals surface area contributed by atoms with E-state index in [-0.39, 0.29) is 0 Å². The van der Waals surface area contributed by atoms with Crippen molar-refractivity contribution in [3.63, 3.8) is 0 Å². The average molecular weight is 266 g/mol. The Morgan fingerprint density at radius 2 is 2.47 bits per heavy atom. The maximum absolute atomic E-state index is 5.67. The van der Waals surface area contributed by atoms with Gasteiger partial charge in [-0.05, 0) is 38.2 Å². The lowest BCUT2D eigenvalue weighted by Crippen LogP contribution is -2.37. The number of aromatic nitrogens is 2. The summed E-state index contributed by atoms with van der Waals surface area (Å²) in [5.41, 5.74) is 5.32. The van der Waals surface area contributed by atoms with E-state index in [1.165, 1.54) is 18.5 Å². The van der Waals surface area contributed by atoms with Crippen LogP contribution in [0.15, 0.2) is 6.07 Å². The van der Waals surface area contributed by atoms with Crippen molar-refractivity contribution in [1.82, 2.24) is 15.2 Å². The fourth-order valence-electron chi connectivity index (χ4n) is 2.69. The van der Waals surface area contributed by atoms with E-state index < -0.39 is 0 Å². The molecule has 1 aromatic heterocycles. The van der Waals surface area contributed by atoms with E-state index in [1.807, 2.05) is 11.7 Å². The van der Waals surface area contributed by atoms with E-state index in [1.54, 1.807) is 0 Å². The van der Waals surface area contributed by atoms with Crippen molar-refractivity contribution in [3.8, 4) is 0 Å². The molecule has 2 unspecified atom stereocenters. The van der Waals surface area contributed by atoms with Gasteiger partial charge in [-0.2, -0.15) is 5.10 Å². The maximum atomic E-state index is 5.67. The lowest BCUT2D eigenvalue weighted by Gasteiger charge is -2.18. The molecule has 1 fully saturated rings. The Labute approximate surface area is 115 Å². The smallest absolute Gasteiger partial charge is 0.0624 e. The van der Waals surface area contributed by atoms with Crippen LogP contribution in [-0.4, -0.2) is 28.5 Å². The second-order valence-electron chi connectivity index (χ2n) is 5.38. The first kappa shape index (κ1) is 14.5. The van der Waals surface area contributed by atoms with Crippen LogP contribution in [0.1, 0.15) is 44.0 Å². The first-order chi connectivity index (χ1) is 9.22. The summed E-state index contributed by atoms with van der Waals surface area (Å²) in [5, 5.41) is 4.48. The minimum Gasteiger partial charge on any atom is -0.378 e. The predicted molar refractivity (Wildman–Crippen MR) is 75.6 cm³/mol. The fourth-order valence-corrected chi connectivity index (χ4v) is 2.69. The Balaban J connectivity index is 1.84. The van der Waals surface area contributed by atoms with Crippen molar-refractivity contribution in [2.24, 2.45) is 12.9 Å². The van der Waals surface area contributed by atoms with Crippen LogP contribution in [0.3, 0.4) is 0 Å². The minimum absolute atomic E-state index is 0.296. The summed E-state index contributed by atoms with van der Waals surface area (Å²) in [6.45, 7) is 3.05. The third-order valence-electron chi connectivity index (χ3n) is 3.94. The van der Waals surface area contributed by atoms with Gasteiger partial charge in [0.05, 0.1) is 11.8 Å². The summed E-state index contributed by atoms with van der Waals surface area (Å²) in [6, 6.07) is 2.47. The molecule has 2 atom stereocenters. The Morgan fingerprint density at radius 3 is 3.05 bits per heavy atom. The maximum Gasteiger partial charge on any atom is 0.0624 e. The van der Waals surface area contributed by atoms with Gasteiger partial charge >= 0.3 is 0 Å². The highest BCUT2D eigenvalue weighted by atomic mass is 16.5. The first-order valence-electron chi connectivity index (χ1n) is 7.32. The van der Waals surface area contributed by atoms with Crippen molar-refractivity contribution in [2.45, 2.75) is 57.6 Å². The average Bonchev–Trinajstić information content (AvgIpc) is 3.04. The monoisotopic (exact) mass is 266 g/mol. The van der Waals surface area contributed by atoms with E-state index in [2.05, 4.69) is 23.5 Å². The molecular formula is C14H26N4O. The Kier molecular flexibility index (Phi) is 5.36. The fraction of sp³-hybridized carbons (Fsp3) is 0.786. The second kappa shape index (κ2) is 7.03. The molecule has 108 valence electrons. The second-order valence-corrected chi connectivity index (χ2v) is 5.38. The molecule has 1 aromatic rings. The molecule has 0 radical (unpaired) electrons. The molecule has 5 heteroatoms. The van der Waals surface area contributed by atoms with Gasteiger partial charge in [0.15, 0.2) is 0 Å². The Morgan fingerprint density at radius 1 is 1.63 bits per heavy atom. The highest BCUT2D eigenvalue weighted by Crippen LogP contribution is 2.18. The number of hydrazine groups is 1. The van der Waals surface area contributed by atoms with Crippen LogP contribution in [0.25, 0.3) is 0 Å². The Hall–Kier alpha value is -0.910. The molecule has 0 spiro atoms. The van der Waals surface area contributed by atoms with E-state index in [9.17, 15) is 0 Å². The molecule has 2 rings (SSSR count). The lowest BCUT2D eigenvalue weighted by atomic mass is 10.0. The van der Waals surface area contributed by atoms with Crippen molar-refractivity contribution in [3.05, 3.63) is 17.5 Å². The molecule has 1 aliphatic heterocycles. The predicted octanol–water partition coefficient (Wildman–Crippen LogP) is 1.32. The summed E-state index contributed by atoms with van der Waals surface area (Å²) in [6.07, 6.45) is 6.88. The van der Waals surface area contributed by atoms with Crippen molar-refractivity contribution >= 4 is 0 Å². The van der Waals surface area contributed by atoms with Crippen LogP contribution in [0, 0.1) is 0 Å². The molecule has 0 saturated carbocycles. The number of rotatable bonds is 7. The highest BCUT2D eigenvalue weighted by molar-refractivity contribution is 5.11. The van der Waals surface area contributed by atoms with Crippen LogP contribution < -0.4 is 11.3 Å². The molecule has 0 amide bonds. The third-order valence-corrected chi connectivity index (χ3v) is 3.94. The van der Waals surface area contributed by atoms with Gasteiger partial charge in [-0.25, -0.2) is 0 Å². The van der Waals surface area contributed by atoms with Crippen molar-refractivity contribution in [1.29, 1.82) is 0 Å². The summed E-state index contributed by atoms with van der Waals surface area (Å²) in [7, 11) is 2.00. The van der Waals surface area contributed by atoms with Gasteiger partial charge in [-0.1, -0.05) is 6.92 Å². The van der Waals surface area contributed by atoms with Crippen LogP contribution in [0.5, 0.6) is 0 Å². The summed E-state index contributed by atoms with van der Waals surface area (Å²) >= 11 is 0. The molecule has 1 saturated heterocycles. The molecule has 3 N–H and O–H groups in total. The van der Waals surface area contributed by atoms with E-state index >= 15 is 0 Å². The molecule has 2 heterocycles. The molecule has 19 heavy (non-hydrogen) atoms. The normalized spacial score (nSPS) is 20.9. The molecule has 0 aliphatic carbocycles. The number of hydrogen-bond donors (Lipinski definition) is 2. The number of aryl methyl sites for hydroxylation is 2. The standard InChI is InChI=1S/C14H26N4O/c1-3-11-9-13(18(2)17-11)10-12(16-15)6-7-14-5-4-8-19-14/h9,12,14,16H,3-8,10,15H2,1-2H3. The minimum atomic E-state index is 0.296. The van der Waals surface area contributed by atoms with Crippen molar-refractivity contribution in [2.75, 3.05) is 6.61 Å². The van der Waals surface area contributed by atoms with Crippen LogP contribution in [-0.2, 0) is 24.6 Å². The van der Waals surface area contributed by atoms with Gasteiger partial charge in [0.25, 0.3) is 0 Å². The number of hydrogen-bond acceptors (Lipinski definition) is 4. The van der Waals surface area contributed by atoms with Crippen LogP contribution in [0.4, 0.5) is 0 Å². The summed E-state index contributed by atoms with van der Waals surface area (Å²) in [4.78, 5) is 0. The molecule has 1 aliphatic rings. The number of ether oxygens (including phenoxy) is 1. The van der Waals surface area contributed by atoms with E-state index in [0.717, 1.165) is 38.0 Å². The van der Waals surface area contributed by atoms with Gasteiger partial charge in [0, 0.05) is 31.8 Å². The molecule has 0 aromatic carbocycles. The van der Waals surface area contributed by atoms with Gasteiger partial charge in [-0.15, -0.1) is 0 Å². The third kappa shape index (κ3) is 4.03. The topological polar surface area (TPSA) is 65.1 Å². The van der Waals surface area contributed by atoms with E-state index in [4.69, 9.17) is 10.6 Å². The quantitative estimate of drug-likeness (QED) is 0.577. The largest absolute Gasteiger partial charge is 0.378 e. The molecule has 5 nitrogen and oxygen atoms in total.